The van der Waals surface area contributed by atoms with Gasteiger partial charge in [0.05, 0.1) is 18.0 Å². The number of rotatable bonds is 3. The summed E-state index contributed by atoms with van der Waals surface area (Å²) in [7, 11) is 0. The molecule has 2 rings (SSSR count). The minimum Gasteiger partial charge on any atom is -0.367 e. The zero-order valence-corrected chi connectivity index (χ0v) is 9.85. The van der Waals surface area contributed by atoms with Gasteiger partial charge in [-0.25, -0.2) is 4.98 Å². The predicted octanol–water partition coefficient (Wildman–Crippen LogP) is 0.436. The van der Waals surface area contributed by atoms with Crippen LogP contribution < -0.4 is 10.6 Å². The Balaban J connectivity index is 2.06. The van der Waals surface area contributed by atoms with Gasteiger partial charge in [-0.3, -0.25) is 10.1 Å². The van der Waals surface area contributed by atoms with E-state index < -0.39 is 4.92 Å². The molecule has 0 saturated carbocycles. The van der Waals surface area contributed by atoms with Crippen molar-refractivity contribution in [1.29, 1.82) is 0 Å². The van der Waals surface area contributed by atoms with Gasteiger partial charge >= 0.3 is 0 Å². The second-order valence-corrected chi connectivity index (χ2v) is 4.34. The molecule has 1 fully saturated rings. The van der Waals surface area contributed by atoms with E-state index in [2.05, 4.69) is 15.6 Å². The third kappa shape index (κ3) is 2.91. The lowest BCUT2D eigenvalue weighted by Crippen LogP contribution is -2.87. The summed E-state index contributed by atoms with van der Waals surface area (Å²) in [6, 6.07) is 3.64. The fourth-order valence-electron chi connectivity index (χ4n) is 2.11. The van der Waals surface area contributed by atoms with E-state index >= 15 is 0 Å². The summed E-state index contributed by atoms with van der Waals surface area (Å²) in [5.74, 6) is 0.736. The van der Waals surface area contributed by atoms with Gasteiger partial charge in [-0.05, 0) is 13.0 Å². The molecule has 1 aliphatic heterocycles. The molecule has 0 aromatic carbocycles. The van der Waals surface area contributed by atoms with Crippen LogP contribution in [-0.4, -0.2) is 29.0 Å². The number of piperidine rings is 1. The lowest BCUT2D eigenvalue weighted by atomic mass is 10.1. The van der Waals surface area contributed by atoms with Crippen molar-refractivity contribution in [2.75, 3.05) is 18.4 Å². The topological polar surface area (TPSA) is 84.7 Å². The summed E-state index contributed by atoms with van der Waals surface area (Å²) in [4.78, 5) is 14.5. The number of anilines is 1. The van der Waals surface area contributed by atoms with E-state index in [0.717, 1.165) is 31.7 Å². The molecule has 6 heteroatoms. The maximum atomic E-state index is 10.7. The van der Waals surface area contributed by atoms with Crippen LogP contribution in [-0.2, 0) is 0 Å². The van der Waals surface area contributed by atoms with Crippen molar-refractivity contribution in [2.24, 2.45) is 0 Å². The minimum atomic E-state index is -0.401. The number of nitrogens with one attached hydrogen (secondary N) is 1. The summed E-state index contributed by atoms with van der Waals surface area (Å²) >= 11 is 0. The molecular formula is C11H17N4O2+. The average Bonchev–Trinajstić information content (AvgIpc) is 2.30. The van der Waals surface area contributed by atoms with Crippen molar-refractivity contribution in [1.82, 2.24) is 4.98 Å². The first-order chi connectivity index (χ1) is 8.16. The van der Waals surface area contributed by atoms with Gasteiger partial charge in [0.1, 0.15) is 11.5 Å². The number of pyridine rings is 1. The number of nitrogens with zero attached hydrogens (tertiary/aromatic N) is 2. The Bertz CT molecular complexity index is 416. The molecule has 3 N–H and O–H groups in total. The molecule has 1 saturated heterocycles. The van der Waals surface area contributed by atoms with Crippen LogP contribution in [0.2, 0.25) is 0 Å². The van der Waals surface area contributed by atoms with E-state index in [1.807, 2.05) is 0 Å². The average molecular weight is 237 g/mol. The number of aryl methyl sites for hydroxylation is 1. The van der Waals surface area contributed by atoms with Crippen molar-refractivity contribution < 1.29 is 10.2 Å². The van der Waals surface area contributed by atoms with Crippen LogP contribution in [0.15, 0.2) is 12.1 Å². The molecule has 0 bridgehead atoms. The highest BCUT2D eigenvalue weighted by Gasteiger charge is 2.17. The molecule has 0 radical (unpaired) electrons. The number of quaternary nitrogens is 1. The lowest BCUT2D eigenvalue weighted by molar-refractivity contribution is -0.662. The van der Waals surface area contributed by atoms with Gasteiger partial charge in [-0.2, -0.15) is 0 Å². The van der Waals surface area contributed by atoms with E-state index in [0.29, 0.717) is 11.7 Å². The fraction of sp³-hybridized carbons (Fsp3) is 0.545. The molecule has 6 nitrogen and oxygen atoms in total. The van der Waals surface area contributed by atoms with E-state index in [4.69, 9.17) is 0 Å². The molecule has 1 aliphatic rings. The van der Waals surface area contributed by atoms with Crippen molar-refractivity contribution >= 4 is 11.5 Å². The Hall–Kier alpha value is -1.69. The molecule has 0 amide bonds. The van der Waals surface area contributed by atoms with Crippen LogP contribution in [0.3, 0.4) is 0 Å². The predicted molar refractivity (Wildman–Crippen MR) is 63.9 cm³/mol. The molecule has 2 heterocycles. The highest BCUT2D eigenvalue weighted by Crippen LogP contribution is 2.19. The standard InChI is InChI=1S/C11H16N4O2/c1-8-10(15(16)17)2-3-11(13-8)14-9-4-6-12-7-5-9/h2-3,9,12H,4-7H2,1H3,(H,13,14)/p+1. The third-order valence-electron chi connectivity index (χ3n) is 3.05. The van der Waals surface area contributed by atoms with Crippen molar-refractivity contribution in [3.8, 4) is 0 Å². The molecule has 1 aromatic rings. The number of aromatic nitrogens is 1. The second-order valence-electron chi connectivity index (χ2n) is 4.34. The Kier molecular flexibility index (Phi) is 3.53. The molecule has 17 heavy (non-hydrogen) atoms. The summed E-state index contributed by atoms with van der Waals surface area (Å²) in [6.45, 7) is 3.92. The Morgan fingerprint density at radius 1 is 1.47 bits per heavy atom. The maximum absolute atomic E-state index is 10.7. The second kappa shape index (κ2) is 5.09. The van der Waals surface area contributed by atoms with E-state index in [1.165, 1.54) is 6.07 Å². The van der Waals surface area contributed by atoms with Gasteiger partial charge in [-0.15, -0.1) is 0 Å². The SMILES string of the molecule is Cc1nc(NC2CC[NH2+]CC2)ccc1[N+](=O)[O-]. The highest BCUT2D eigenvalue weighted by atomic mass is 16.6. The van der Waals surface area contributed by atoms with Crippen LogP contribution in [0.1, 0.15) is 18.5 Å². The van der Waals surface area contributed by atoms with Gasteiger partial charge in [0.2, 0.25) is 0 Å². The van der Waals surface area contributed by atoms with Gasteiger partial charge in [0.15, 0.2) is 0 Å². The number of nitrogens with two attached hydrogens (primary N) is 1. The van der Waals surface area contributed by atoms with E-state index in [1.54, 1.807) is 13.0 Å². The van der Waals surface area contributed by atoms with Crippen molar-refractivity contribution in [2.45, 2.75) is 25.8 Å². The zero-order chi connectivity index (χ0) is 12.3. The van der Waals surface area contributed by atoms with Crippen LogP contribution >= 0.6 is 0 Å². The first kappa shape index (κ1) is 11.8. The zero-order valence-electron chi connectivity index (χ0n) is 9.85. The summed E-state index contributed by atoms with van der Waals surface area (Å²) in [5, 5.41) is 16.3. The quantitative estimate of drug-likeness (QED) is 0.590. The van der Waals surface area contributed by atoms with Crippen LogP contribution in [0.25, 0.3) is 0 Å². The van der Waals surface area contributed by atoms with Crippen molar-refractivity contribution in [3.63, 3.8) is 0 Å². The smallest absolute Gasteiger partial charge is 0.290 e. The van der Waals surface area contributed by atoms with Crippen LogP contribution in [0, 0.1) is 17.0 Å². The molecule has 1 aromatic heterocycles. The van der Waals surface area contributed by atoms with Crippen LogP contribution in [0.4, 0.5) is 11.5 Å². The summed E-state index contributed by atoms with van der Waals surface area (Å²) in [5.41, 5.74) is 0.537. The molecule has 0 spiro atoms. The fourth-order valence-corrected chi connectivity index (χ4v) is 2.11. The van der Waals surface area contributed by atoms with Gasteiger partial charge in [0.25, 0.3) is 5.69 Å². The monoisotopic (exact) mass is 237 g/mol. The molecule has 92 valence electrons. The van der Waals surface area contributed by atoms with Crippen molar-refractivity contribution in [3.05, 3.63) is 27.9 Å². The molecular weight excluding hydrogens is 220 g/mol. The van der Waals surface area contributed by atoms with Gasteiger partial charge in [0, 0.05) is 24.9 Å². The molecule has 0 atom stereocenters. The van der Waals surface area contributed by atoms with E-state index in [-0.39, 0.29) is 5.69 Å². The Morgan fingerprint density at radius 2 is 2.18 bits per heavy atom. The van der Waals surface area contributed by atoms with Gasteiger partial charge in [-0.1, -0.05) is 0 Å². The number of hydrogen-bond acceptors (Lipinski definition) is 4. The molecule has 0 unspecified atom stereocenters. The third-order valence-corrected chi connectivity index (χ3v) is 3.05. The normalized spacial score (nSPS) is 16.8. The Morgan fingerprint density at radius 3 is 2.76 bits per heavy atom. The Labute approximate surface area is 99.6 Å². The number of hydrogen-bond donors (Lipinski definition) is 2. The van der Waals surface area contributed by atoms with Gasteiger partial charge < -0.3 is 10.6 Å². The first-order valence-electron chi connectivity index (χ1n) is 5.87. The number of nitro groups is 1. The summed E-state index contributed by atoms with van der Waals surface area (Å²) < 4.78 is 0. The minimum absolute atomic E-state index is 0.0764. The lowest BCUT2D eigenvalue weighted by Gasteiger charge is -2.22. The maximum Gasteiger partial charge on any atom is 0.290 e. The first-order valence-corrected chi connectivity index (χ1v) is 5.87. The molecule has 0 aliphatic carbocycles. The van der Waals surface area contributed by atoms with Crippen LogP contribution in [0.5, 0.6) is 0 Å². The largest absolute Gasteiger partial charge is 0.367 e. The van der Waals surface area contributed by atoms with E-state index in [9.17, 15) is 10.1 Å². The summed E-state index contributed by atoms with van der Waals surface area (Å²) in [6.07, 6.45) is 2.22. The highest BCUT2D eigenvalue weighted by molar-refractivity contribution is 5.45.